The van der Waals surface area contributed by atoms with Gasteiger partial charge in [-0.25, -0.2) is 0 Å². The average molecular weight is 390 g/mol. The molecule has 7 nitrogen and oxygen atoms in total. The van der Waals surface area contributed by atoms with Gasteiger partial charge < -0.3 is 19.3 Å². The standard InChI is InChI=1S/C19H20ClN3O4/c1-12-21-18(23-27-12)19(7-3-2-4-8-19)22-16(24)6-5-13-9-14(20)17-15(10-13)25-11-26-17/h5-6,9-10H,2-4,7-8,11H2,1H3,(H,22,24). The molecule has 1 amide bonds. The molecule has 1 aliphatic heterocycles. The Bertz CT molecular complexity index is 887. The third-order valence-corrected chi connectivity index (χ3v) is 5.18. The molecular formula is C19H20ClN3O4. The van der Waals surface area contributed by atoms with Crippen LogP contribution in [0.1, 0.15) is 49.4 Å². The zero-order valence-corrected chi connectivity index (χ0v) is 15.7. The highest BCUT2D eigenvalue weighted by Crippen LogP contribution is 2.40. The Morgan fingerprint density at radius 2 is 2.07 bits per heavy atom. The lowest BCUT2D eigenvalue weighted by atomic mass is 9.81. The van der Waals surface area contributed by atoms with Crippen LogP contribution in [0.2, 0.25) is 5.02 Å². The molecule has 1 aromatic carbocycles. The van der Waals surface area contributed by atoms with Gasteiger partial charge in [-0.3, -0.25) is 4.79 Å². The molecule has 0 bridgehead atoms. The predicted molar refractivity (Wildman–Crippen MR) is 98.5 cm³/mol. The molecule has 2 aromatic rings. The van der Waals surface area contributed by atoms with Gasteiger partial charge in [0.15, 0.2) is 17.3 Å². The zero-order chi connectivity index (χ0) is 18.9. The number of nitrogens with zero attached hydrogens (tertiary/aromatic N) is 2. The molecule has 1 fully saturated rings. The molecule has 142 valence electrons. The maximum Gasteiger partial charge on any atom is 0.244 e. The van der Waals surface area contributed by atoms with Crippen LogP contribution in [0.15, 0.2) is 22.7 Å². The van der Waals surface area contributed by atoms with E-state index in [4.69, 9.17) is 25.6 Å². The van der Waals surface area contributed by atoms with E-state index in [0.29, 0.717) is 28.2 Å². The van der Waals surface area contributed by atoms with Crippen LogP contribution in [-0.2, 0) is 10.3 Å². The number of rotatable bonds is 4. The van der Waals surface area contributed by atoms with Crippen molar-refractivity contribution in [3.8, 4) is 11.5 Å². The van der Waals surface area contributed by atoms with E-state index < -0.39 is 5.54 Å². The van der Waals surface area contributed by atoms with E-state index in [-0.39, 0.29) is 12.7 Å². The fourth-order valence-corrected chi connectivity index (χ4v) is 3.86. The Morgan fingerprint density at radius 3 is 2.81 bits per heavy atom. The van der Waals surface area contributed by atoms with Crippen LogP contribution in [0.5, 0.6) is 11.5 Å². The summed E-state index contributed by atoms with van der Waals surface area (Å²) in [7, 11) is 0. The van der Waals surface area contributed by atoms with Crippen LogP contribution in [0.3, 0.4) is 0 Å². The first-order valence-corrected chi connectivity index (χ1v) is 9.34. The van der Waals surface area contributed by atoms with Gasteiger partial charge in [0.25, 0.3) is 0 Å². The molecule has 0 radical (unpaired) electrons. The third kappa shape index (κ3) is 3.64. The highest BCUT2D eigenvalue weighted by atomic mass is 35.5. The normalized spacial score (nSPS) is 18.0. The minimum absolute atomic E-state index is 0.148. The van der Waals surface area contributed by atoms with Gasteiger partial charge in [-0.1, -0.05) is 36.0 Å². The van der Waals surface area contributed by atoms with Crippen LogP contribution in [-0.4, -0.2) is 22.8 Å². The summed E-state index contributed by atoms with van der Waals surface area (Å²) in [4.78, 5) is 17.0. The van der Waals surface area contributed by atoms with Crippen molar-refractivity contribution in [1.29, 1.82) is 0 Å². The summed E-state index contributed by atoms with van der Waals surface area (Å²) in [6.45, 7) is 1.90. The molecule has 0 spiro atoms. The number of fused-ring (bicyclic) bond motifs is 1. The minimum Gasteiger partial charge on any atom is -0.454 e. The van der Waals surface area contributed by atoms with Gasteiger partial charge in [-0.15, -0.1) is 0 Å². The zero-order valence-electron chi connectivity index (χ0n) is 15.0. The van der Waals surface area contributed by atoms with Crippen molar-refractivity contribution < 1.29 is 18.8 Å². The van der Waals surface area contributed by atoms with E-state index in [1.807, 2.05) is 0 Å². The van der Waals surface area contributed by atoms with E-state index in [1.165, 1.54) is 6.08 Å². The Balaban J connectivity index is 1.52. The van der Waals surface area contributed by atoms with Gasteiger partial charge in [0.1, 0.15) is 5.54 Å². The first-order chi connectivity index (χ1) is 13.1. The minimum atomic E-state index is -0.579. The smallest absolute Gasteiger partial charge is 0.244 e. The second-order valence-electron chi connectivity index (χ2n) is 6.84. The van der Waals surface area contributed by atoms with Gasteiger partial charge in [0.2, 0.25) is 18.6 Å². The number of halogens is 1. The maximum atomic E-state index is 12.6. The molecule has 0 atom stereocenters. The summed E-state index contributed by atoms with van der Waals surface area (Å²) >= 11 is 6.18. The molecule has 1 aromatic heterocycles. The number of aromatic nitrogens is 2. The summed E-state index contributed by atoms with van der Waals surface area (Å²) < 4.78 is 15.8. The van der Waals surface area contributed by atoms with Gasteiger partial charge >= 0.3 is 0 Å². The van der Waals surface area contributed by atoms with Gasteiger partial charge in [-0.2, -0.15) is 4.98 Å². The van der Waals surface area contributed by atoms with Crippen molar-refractivity contribution in [3.05, 3.63) is 40.5 Å². The van der Waals surface area contributed by atoms with Gasteiger partial charge in [-0.05, 0) is 36.6 Å². The molecular weight excluding hydrogens is 370 g/mol. The molecule has 2 aliphatic rings. The second kappa shape index (κ2) is 7.23. The highest BCUT2D eigenvalue weighted by molar-refractivity contribution is 6.32. The first-order valence-electron chi connectivity index (χ1n) is 8.96. The predicted octanol–water partition coefficient (Wildman–Crippen LogP) is 3.75. The van der Waals surface area contributed by atoms with Crippen molar-refractivity contribution in [2.24, 2.45) is 0 Å². The molecule has 0 unspecified atom stereocenters. The summed E-state index contributed by atoms with van der Waals surface area (Å²) in [6.07, 6.45) is 7.92. The Kier molecular flexibility index (Phi) is 4.78. The molecule has 1 saturated carbocycles. The molecule has 8 heteroatoms. The van der Waals surface area contributed by atoms with E-state index in [9.17, 15) is 4.79 Å². The molecule has 1 N–H and O–H groups in total. The summed E-state index contributed by atoms with van der Waals surface area (Å²) in [5.41, 5.74) is 0.178. The SMILES string of the molecule is Cc1nc(C2(NC(=O)C=Cc3cc(Cl)c4c(c3)OCO4)CCCCC2)no1. The lowest BCUT2D eigenvalue weighted by molar-refractivity contribution is -0.119. The van der Waals surface area contributed by atoms with Gasteiger partial charge in [0, 0.05) is 13.0 Å². The number of aryl methyl sites for hydroxylation is 1. The van der Waals surface area contributed by atoms with Crippen LogP contribution >= 0.6 is 11.6 Å². The molecule has 27 heavy (non-hydrogen) atoms. The number of amides is 1. The quantitative estimate of drug-likeness (QED) is 0.801. The first kappa shape index (κ1) is 17.9. The van der Waals surface area contributed by atoms with Crippen LogP contribution < -0.4 is 14.8 Å². The molecule has 1 aliphatic carbocycles. The topological polar surface area (TPSA) is 86.5 Å². The summed E-state index contributed by atoms with van der Waals surface area (Å²) in [5, 5.41) is 7.62. The monoisotopic (exact) mass is 389 g/mol. The lowest BCUT2D eigenvalue weighted by Gasteiger charge is -2.34. The number of carbonyl (C=O) groups is 1. The van der Waals surface area contributed by atoms with Crippen molar-refractivity contribution in [3.63, 3.8) is 0 Å². The largest absolute Gasteiger partial charge is 0.454 e. The molecule has 2 heterocycles. The van der Waals surface area contributed by atoms with Crippen LogP contribution in [0.25, 0.3) is 6.08 Å². The van der Waals surface area contributed by atoms with E-state index >= 15 is 0 Å². The number of hydrogen-bond donors (Lipinski definition) is 1. The summed E-state index contributed by atoms with van der Waals surface area (Å²) in [5.74, 6) is 1.94. The fourth-order valence-electron chi connectivity index (χ4n) is 3.59. The molecule has 4 rings (SSSR count). The maximum absolute atomic E-state index is 12.6. The van der Waals surface area contributed by atoms with Crippen molar-refractivity contribution >= 4 is 23.6 Å². The number of ether oxygens (including phenoxy) is 2. The van der Waals surface area contributed by atoms with Crippen LogP contribution in [0, 0.1) is 6.92 Å². The van der Waals surface area contributed by atoms with Crippen molar-refractivity contribution in [1.82, 2.24) is 15.5 Å². The number of hydrogen-bond acceptors (Lipinski definition) is 6. The lowest BCUT2D eigenvalue weighted by Crippen LogP contribution is -2.47. The van der Waals surface area contributed by atoms with E-state index in [0.717, 1.165) is 37.7 Å². The molecule has 0 saturated heterocycles. The van der Waals surface area contributed by atoms with E-state index in [1.54, 1.807) is 25.1 Å². The van der Waals surface area contributed by atoms with E-state index in [2.05, 4.69) is 15.5 Å². The van der Waals surface area contributed by atoms with Gasteiger partial charge in [0.05, 0.1) is 5.02 Å². The number of benzene rings is 1. The third-order valence-electron chi connectivity index (χ3n) is 4.90. The van der Waals surface area contributed by atoms with Crippen molar-refractivity contribution in [2.75, 3.05) is 6.79 Å². The van der Waals surface area contributed by atoms with Crippen molar-refractivity contribution in [2.45, 2.75) is 44.6 Å². The average Bonchev–Trinajstić information content (AvgIpc) is 3.30. The number of carbonyl (C=O) groups excluding carboxylic acids is 1. The summed E-state index contributed by atoms with van der Waals surface area (Å²) in [6, 6.07) is 3.52. The Morgan fingerprint density at radius 1 is 1.26 bits per heavy atom. The fraction of sp³-hybridized carbons (Fsp3) is 0.421. The Hall–Kier alpha value is -2.54. The number of nitrogens with one attached hydrogen (secondary N) is 1. The Labute approximate surface area is 161 Å². The highest BCUT2D eigenvalue weighted by Gasteiger charge is 2.39. The second-order valence-corrected chi connectivity index (χ2v) is 7.25. The van der Waals surface area contributed by atoms with Crippen LogP contribution in [0.4, 0.5) is 0 Å².